The number of hydrogen-bond acceptors (Lipinski definition) is 4. The first kappa shape index (κ1) is 18.8. The molecule has 0 heterocycles. The number of nitrogens with two attached hydrogens (primary N) is 1. The van der Waals surface area contributed by atoms with Crippen molar-refractivity contribution < 1.29 is 9.90 Å². The number of fused-ring (bicyclic) bond motifs is 1. The van der Waals surface area contributed by atoms with Gasteiger partial charge in [0, 0.05) is 11.8 Å². The van der Waals surface area contributed by atoms with Gasteiger partial charge in [-0.1, -0.05) is 49.4 Å². The molecule has 0 aromatic heterocycles. The summed E-state index contributed by atoms with van der Waals surface area (Å²) in [6, 6.07) is 13.3. The highest BCUT2D eigenvalue weighted by Gasteiger charge is 2.24. The van der Waals surface area contributed by atoms with Gasteiger partial charge in [0.05, 0.1) is 6.04 Å². The molecule has 2 aromatic carbocycles. The van der Waals surface area contributed by atoms with Crippen LogP contribution in [0.4, 0.5) is 0 Å². The Hall–Kier alpha value is -1.56. The van der Waals surface area contributed by atoms with Crippen LogP contribution in [0.1, 0.15) is 31.9 Å². The van der Waals surface area contributed by atoms with E-state index in [9.17, 15) is 9.90 Å². The number of hydrogen-bond donors (Lipinski definition) is 3. The lowest BCUT2D eigenvalue weighted by atomic mass is 9.99. The average Bonchev–Trinajstić information content (AvgIpc) is 2.60. The minimum Gasteiger partial charge on any atom is -0.382 e. The minimum absolute atomic E-state index is 0.200. The maximum absolute atomic E-state index is 12.3. The zero-order valence-electron chi connectivity index (χ0n) is 14.2. The van der Waals surface area contributed by atoms with Crippen molar-refractivity contribution >= 4 is 28.4 Å². The molecule has 2 rings (SSSR count). The predicted molar refractivity (Wildman–Crippen MR) is 102 cm³/mol. The Morgan fingerprint density at radius 3 is 2.71 bits per heavy atom. The van der Waals surface area contributed by atoms with E-state index in [4.69, 9.17) is 5.73 Å². The van der Waals surface area contributed by atoms with Gasteiger partial charge >= 0.3 is 0 Å². The largest absolute Gasteiger partial charge is 0.382 e. The molecule has 0 bridgehead atoms. The van der Waals surface area contributed by atoms with Gasteiger partial charge in [-0.25, -0.2) is 0 Å². The van der Waals surface area contributed by atoms with Gasteiger partial charge < -0.3 is 16.2 Å². The number of thioether (sulfide) groups is 1. The van der Waals surface area contributed by atoms with E-state index in [2.05, 4.69) is 12.2 Å². The molecule has 3 atom stereocenters. The fraction of sp³-hybridized carbons (Fsp3) is 0.421. The third-order valence-electron chi connectivity index (χ3n) is 3.98. The fourth-order valence-corrected chi connectivity index (χ4v) is 3.56. The summed E-state index contributed by atoms with van der Waals surface area (Å²) in [6.07, 6.45) is -0.135. The zero-order valence-corrected chi connectivity index (χ0v) is 15.1. The van der Waals surface area contributed by atoms with Gasteiger partial charge in [0.15, 0.2) is 0 Å². The van der Waals surface area contributed by atoms with E-state index in [1.54, 1.807) is 11.8 Å². The third-order valence-corrected chi connectivity index (χ3v) is 5.30. The van der Waals surface area contributed by atoms with E-state index < -0.39 is 18.1 Å². The second kappa shape index (κ2) is 9.06. The van der Waals surface area contributed by atoms with Crippen molar-refractivity contribution in [2.75, 3.05) is 11.5 Å². The lowest BCUT2D eigenvalue weighted by Gasteiger charge is -2.22. The Labute approximate surface area is 147 Å². The normalized spacial score (nSPS) is 15.0. The number of aliphatic hydroxyl groups excluding tert-OH is 1. The molecular weight excluding hydrogens is 320 g/mol. The van der Waals surface area contributed by atoms with Crippen molar-refractivity contribution in [2.24, 2.45) is 5.73 Å². The van der Waals surface area contributed by atoms with Crippen molar-refractivity contribution in [3.8, 4) is 0 Å². The molecule has 0 unspecified atom stereocenters. The van der Waals surface area contributed by atoms with Crippen LogP contribution < -0.4 is 11.1 Å². The molecule has 0 fully saturated rings. The lowest BCUT2D eigenvalue weighted by Crippen LogP contribution is -2.48. The van der Waals surface area contributed by atoms with E-state index >= 15 is 0 Å². The molecule has 4 N–H and O–H groups in total. The zero-order chi connectivity index (χ0) is 17.5. The van der Waals surface area contributed by atoms with Gasteiger partial charge in [-0.05, 0) is 35.4 Å². The SMILES string of the molecule is CCCSC[C@@H](N)[C@H](O)C(=O)N[C@@H](C)c1cccc2ccccc12. The molecule has 0 aliphatic heterocycles. The summed E-state index contributed by atoms with van der Waals surface area (Å²) >= 11 is 1.66. The van der Waals surface area contributed by atoms with E-state index in [1.807, 2.05) is 49.4 Å². The monoisotopic (exact) mass is 346 g/mol. The Bertz CT molecular complexity index is 672. The molecule has 0 aliphatic rings. The molecule has 130 valence electrons. The second-order valence-electron chi connectivity index (χ2n) is 5.98. The Morgan fingerprint density at radius 1 is 1.25 bits per heavy atom. The van der Waals surface area contributed by atoms with Crippen molar-refractivity contribution in [1.82, 2.24) is 5.32 Å². The van der Waals surface area contributed by atoms with Gasteiger partial charge in [0.2, 0.25) is 0 Å². The Balaban J connectivity index is 2.02. The first-order valence-corrected chi connectivity index (χ1v) is 9.49. The highest BCUT2D eigenvalue weighted by molar-refractivity contribution is 7.99. The summed E-state index contributed by atoms with van der Waals surface area (Å²) in [7, 11) is 0. The van der Waals surface area contributed by atoms with Crippen LogP contribution in [0.2, 0.25) is 0 Å². The lowest BCUT2D eigenvalue weighted by molar-refractivity contribution is -0.130. The topological polar surface area (TPSA) is 75.3 Å². The van der Waals surface area contributed by atoms with Crippen LogP contribution in [0.25, 0.3) is 10.8 Å². The standard InChI is InChI=1S/C19H26N2O2S/c1-3-11-24-12-17(20)18(22)19(23)21-13(2)15-10-6-8-14-7-4-5-9-16(14)15/h4-10,13,17-18,22H,3,11-12,20H2,1-2H3,(H,21,23)/t13-,17+,18-/m0/s1. The van der Waals surface area contributed by atoms with Crippen molar-refractivity contribution in [3.05, 3.63) is 48.0 Å². The van der Waals surface area contributed by atoms with E-state index in [0.29, 0.717) is 5.75 Å². The molecule has 0 saturated carbocycles. The highest BCUT2D eigenvalue weighted by Crippen LogP contribution is 2.24. The third kappa shape index (κ3) is 4.72. The molecule has 5 heteroatoms. The quantitative estimate of drug-likeness (QED) is 0.643. The molecule has 1 amide bonds. The summed E-state index contributed by atoms with van der Waals surface area (Å²) < 4.78 is 0. The van der Waals surface area contributed by atoms with Crippen molar-refractivity contribution in [3.63, 3.8) is 0 Å². The first-order valence-electron chi connectivity index (χ1n) is 8.34. The number of rotatable bonds is 8. The second-order valence-corrected chi connectivity index (χ2v) is 7.13. The Morgan fingerprint density at radius 2 is 1.96 bits per heavy atom. The highest BCUT2D eigenvalue weighted by atomic mass is 32.2. The number of benzene rings is 2. The molecule has 0 aliphatic carbocycles. The van der Waals surface area contributed by atoms with Crippen LogP contribution >= 0.6 is 11.8 Å². The smallest absolute Gasteiger partial charge is 0.250 e. The summed E-state index contributed by atoms with van der Waals surface area (Å²) in [6.45, 7) is 4.01. The van der Waals surface area contributed by atoms with E-state index in [1.165, 1.54) is 0 Å². The van der Waals surface area contributed by atoms with Crippen molar-refractivity contribution in [1.29, 1.82) is 0 Å². The molecule has 24 heavy (non-hydrogen) atoms. The summed E-state index contributed by atoms with van der Waals surface area (Å²) in [4.78, 5) is 12.3. The molecule has 0 spiro atoms. The van der Waals surface area contributed by atoms with Crippen molar-refractivity contribution in [2.45, 2.75) is 38.5 Å². The molecular formula is C19H26N2O2S. The number of nitrogens with one attached hydrogen (secondary N) is 1. The molecule has 4 nitrogen and oxygen atoms in total. The minimum atomic E-state index is -1.19. The van der Waals surface area contributed by atoms with E-state index in [0.717, 1.165) is 28.5 Å². The Kier molecular flexibility index (Phi) is 7.09. The van der Waals surface area contributed by atoms with Gasteiger partial charge in [-0.3, -0.25) is 4.79 Å². The number of carbonyl (C=O) groups excluding carboxylic acids is 1. The van der Waals surface area contributed by atoms with Gasteiger partial charge in [-0.2, -0.15) is 11.8 Å². The van der Waals surface area contributed by atoms with Gasteiger partial charge in [0.1, 0.15) is 6.10 Å². The molecule has 2 aromatic rings. The van der Waals surface area contributed by atoms with Crippen LogP contribution in [-0.2, 0) is 4.79 Å². The summed E-state index contributed by atoms with van der Waals surface area (Å²) in [5.41, 5.74) is 6.96. The van der Waals surface area contributed by atoms with Gasteiger partial charge in [-0.15, -0.1) is 0 Å². The summed E-state index contributed by atoms with van der Waals surface area (Å²) in [5, 5.41) is 15.3. The van der Waals surface area contributed by atoms with Crippen LogP contribution in [0, 0.1) is 0 Å². The number of carbonyl (C=O) groups is 1. The van der Waals surface area contributed by atoms with Crippen LogP contribution in [-0.4, -0.2) is 34.7 Å². The van der Waals surface area contributed by atoms with E-state index in [-0.39, 0.29) is 6.04 Å². The fourth-order valence-electron chi connectivity index (χ4n) is 2.65. The van der Waals surface area contributed by atoms with Crippen LogP contribution in [0.3, 0.4) is 0 Å². The van der Waals surface area contributed by atoms with Crippen LogP contribution in [0.15, 0.2) is 42.5 Å². The number of amides is 1. The maximum atomic E-state index is 12.3. The maximum Gasteiger partial charge on any atom is 0.250 e. The average molecular weight is 346 g/mol. The molecule has 0 radical (unpaired) electrons. The predicted octanol–water partition coefficient (Wildman–Crippen LogP) is 2.85. The first-order chi connectivity index (χ1) is 11.5. The number of aliphatic hydroxyl groups is 1. The summed E-state index contributed by atoms with van der Waals surface area (Å²) in [5.74, 6) is 1.14. The molecule has 0 saturated heterocycles. The van der Waals surface area contributed by atoms with Gasteiger partial charge in [0.25, 0.3) is 5.91 Å². The van der Waals surface area contributed by atoms with Crippen LogP contribution in [0.5, 0.6) is 0 Å².